The molecule has 0 fully saturated rings. The third kappa shape index (κ3) is 2.81. The van der Waals surface area contributed by atoms with Crippen LogP contribution in [0.15, 0.2) is 42.5 Å². The van der Waals surface area contributed by atoms with Crippen molar-refractivity contribution in [3.8, 4) is 11.5 Å². The maximum absolute atomic E-state index is 10.7. The average molecular weight is 354 g/mol. The predicted octanol–water partition coefficient (Wildman–Crippen LogP) is 4.09. The molecule has 4 heteroatoms. The van der Waals surface area contributed by atoms with Gasteiger partial charge in [0.25, 0.3) is 0 Å². The van der Waals surface area contributed by atoms with Crippen molar-refractivity contribution in [3.63, 3.8) is 0 Å². The second-order valence-electron chi connectivity index (χ2n) is 3.82. The van der Waals surface area contributed by atoms with Gasteiger partial charge in [-0.25, -0.2) is 4.79 Å². The number of hydrogen-bond donors (Lipinski definition) is 1. The number of rotatable bonds is 3. The summed E-state index contributed by atoms with van der Waals surface area (Å²) in [7, 11) is 0. The summed E-state index contributed by atoms with van der Waals surface area (Å²) >= 11 is 2.21. The molecule has 0 unspecified atom stereocenters. The standard InChI is InChI=1S/C14H11IO3/c1-9-3-2-4-12(15)13(9)18-11-7-5-10(6-8-11)14(16)17/h2-8H,1H3,(H,16,17). The first-order valence-corrected chi connectivity index (χ1v) is 6.42. The van der Waals surface area contributed by atoms with E-state index in [1.165, 1.54) is 12.1 Å². The number of halogens is 1. The van der Waals surface area contributed by atoms with Crippen molar-refractivity contribution in [3.05, 3.63) is 57.2 Å². The van der Waals surface area contributed by atoms with Crippen LogP contribution in [0.1, 0.15) is 15.9 Å². The van der Waals surface area contributed by atoms with Crippen molar-refractivity contribution in [2.75, 3.05) is 0 Å². The van der Waals surface area contributed by atoms with E-state index in [1.54, 1.807) is 12.1 Å². The van der Waals surface area contributed by atoms with Crippen LogP contribution < -0.4 is 4.74 Å². The highest BCUT2D eigenvalue weighted by Gasteiger charge is 2.07. The Morgan fingerprint density at radius 3 is 2.39 bits per heavy atom. The Bertz CT molecular complexity index is 556. The van der Waals surface area contributed by atoms with Crippen LogP contribution in [0, 0.1) is 10.5 Å². The van der Waals surface area contributed by atoms with Crippen LogP contribution in [0.25, 0.3) is 0 Å². The Morgan fingerprint density at radius 2 is 1.83 bits per heavy atom. The van der Waals surface area contributed by atoms with Crippen molar-refractivity contribution in [2.45, 2.75) is 6.92 Å². The molecule has 0 aromatic heterocycles. The molecule has 2 aromatic rings. The second-order valence-corrected chi connectivity index (χ2v) is 4.98. The van der Waals surface area contributed by atoms with Crippen LogP contribution in [0.3, 0.4) is 0 Å². The summed E-state index contributed by atoms with van der Waals surface area (Å²) in [6, 6.07) is 12.3. The fourth-order valence-corrected chi connectivity index (χ4v) is 2.27. The minimum absolute atomic E-state index is 0.252. The summed E-state index contributed by atoms with van der Waals surface area (Å²) < 4.78 is 6.80. The van der Waals surface area contributed by atoms with Gasteiger partial charge in [0.1, 0.15) is 11.5 Å². The van der Waals surface area contributed by atoms with Crippen LogP contribution in [-0.4, -0.2) is 11.1 Å². The molecule has 0 aliphatic rings. The molecule has 0 amide bonds. The topological polar surface area (TPSA) is 46.5 Å². The van der Waals surface area contributed by atoms with Crippen molar-refractivity contribution in [2.24, 2.45) is 0 Å². The SMILES string of the molecule is Cc1cccc(I)c1Oc1ccc(C(=O)O)cc1. The molecule has 2 rings (SSSR count). The highest BCUT2D eigenvalue weighted by atomic mass is 127. The molecule has 0 bridgehead atoms. The zero-order chi connectivity index (χ0) is 13.1. The summed E-state index contributed by atoms with van der Waals surface area (Å²) in [5, 5.41) is 8.81. The largest absolute Gasteiger partial charge is 0.478 e. The number of ether oxygens (including phenoxy) is 1. The number of benzene rings is 2. The minimum Gasteiger partial charge on any atom is -0.478 e. The minimum atomic E-state index is -0.938. The van der Waals surface area contributed by atoms with Crippen LogP contribution in [-0.2, 0) is 0 Å². The Morgan fingerprint density at radius 1 is 1.17 bits per heavy atom. The summed E-state index contributed by atoms with van der Waals surface area (Å²) in [6.45, 7) is 1.98. The fraction of sp³-hybridized carbons (Fsp3) is 0.0714. The van der Waals surface area contributed by atoms with E-state index < -0.39 is 5.97 Å². The third-order valence-electron chi connectivity index (χ3n) is 2.49. The maximum Gasteiger partial charge on any atom is 0.335 e. The van der Waals surface area contributed by atoms with Gasteiger partial charge in [-0.05, 0) is 65.4 Å². The lowest BCUT2D eigenvalue weighted by Gasteiger charge is -2.10. The molecule has 0 heterocycles. The molecule has 0 radical (unpaired) electrons. The molecular weight excluding hydrogens is 343 g/mol. The summed E-state index contributed by atoms with van der Waals surface area (Å²) in [5.41, 5.74) is 1.30. The van der Waals surface area contributed by atoms with Gasteiger partial charge in [-0.3, -0.25) is 0 Å². The van der Waals surface area contributed by atoms with Crippen molar-refractivity contribution < 1.29 is 14.6 Å². The normalized spacial score (nSPS) is 10.1. The Hall–Kier alpha value is -1.56. The fourth-order valence-electron chi connectivity index (χ4n) is 1.53. The highest BCUT2D eigenvalue weighted by molar-refractivity contribution is 14.1. The number of carbonyl (C=O) groups is 1. The van der Waals surface area contributed by atoms with Gasteiger partial charge in [0.2, 0.25) is 0 Å². The van der Waals surface area contributed by atoms with Gasteiger partial charge >= 0.3 is 5.97 Å². The molecule has 0 saturated heterocycles. The first-order valence-electron chi connectivity index (χ1n) is 5.34. The zero-order valence-corrected chi connectivity index (χ0v) is 11.8. The summed E-state index contributed by atoms with van der Waals surface area (Å²) in [6.07, 6.45) is 0. The number of aromatic carboxylic acids is 1. The number of carboxylic acid groups (broad SMARTS) is 1. The summed E-state index contributed by atoms with van der Waals surface area (Å²) in [5.74, 6) is 0.500. The van der Waals surface area contributed by atoms with Gasteiger partial charge in [-0.15, -0.1) is 0 Å². The molecule has 1 N–H and O–H groups in total. The van der Waals surface area contributed by atoms with Crippen LogP contribution in [0.4, 0.5) is 0 Å². The van der Waals surface area contributed by atoms with Crippen LogP contribution in [0.5, 0.6) is 11.5 Å². The number of aryl methyl sites for hydroxylation is 1. The lowest BCUT2D eigenvalue weighted by atomic mass is 10.2. The molecular formula is C14H11IO3. The smallest absolute Gasteiger partial charge is 0.335 e. The Labute approximate surface area is 119 Å². The van der Waals surface area contributed by atoms with E-state index >= 15 is 0 Å². The molecule has 0 atom stereocenters. The highest BCUT2D eigenvalue weighted by Crippen LogP contribution is 2.30. The van der Waals surface area contributed by atoms with E-state index in [2.05, 4.69) is 22.6 Å². The van der Waals surface area contributed by atoms with Crippen molar-refractivity contribution in [1.29, 1.82) is 0 Å². The molecule has 0 aliphatic carbocycles. The number of hydrogen-bond acceptors (Lipinski definition) is 2. The molecule has 0 aliphatic heterocycles. The lowest BCUT2D eigenvalue weighted by molar-refractivity contribution is 0.0697. The molecule has 0 saturated carbocycles. The van der Waals surface area contributed by atoms with Gasteiger partial charge < -0.3 is 9.84 Å². The van der Waals surface area contributed by atoms with E-state index in [-0.39, 0.29) is 5.56 Å². The predicted molar refractivity (Wildman–Crippen MR) is 77.4 cm³/mol. The van der Waals surface area contributed by atoms with Gasteiger partial charge in [0.05, 0.1) is 9.13 Å². The van der Waals surface area contributed by atoms with Crippen molar-refractivity contribution >= 4 is 28.6 Å². The Kier molecular flexibility index (Phi) is 3.86. The number of carboxylic acids is 1. The molecule has 2 aromatic carbocycles. The molecule has 3 nitrogen and oxygen atoms in total. The summed E-state index contributed by atoms with van der Waals surface area (Å²) in [4.78, 5) is 10.7. The molecule has 92 valence electrons. The lowest BCUT2D eigenvalue weighted by Crippen LogP contribution is -1.96. The monoisotopic (exact) mass is 354 g/mol. The number of para-hydroxylation sites is 1. The van der Waals surface area contributed by atoms with Gasteiger partial charge in [-0.2, -0.15) is 0 Å². The third-order valence-corrected chi connectivity index (χ3v) is 3.33. The molecule has 18 heavy (non-hydrogen) atoms. The zero-order valence-electron chi connectivity index (χ0n) is 9.68. The van der Waals surface area contributed by atoms with E-state index in [0.29, 0.717) is 5.75 Å². The first-order chi connectivity index (χ1) is 8.58. The van der Waals surface area contributed by atoms with Gasteiger partial charge in [-0.1, -0.05) is 12.1 Å². The van der Waals surface area contributed by atoms with E-state index in [0.717, 1.165) is 14.9 Å². The molecule has 0 spiro atoms. The second kappa shape index (κ2) is 5.39. The first kappa shape index (κ1) is 12.9. The van der Waals surface area contributed by atoms with Gasteiger partial charge in [0.15, 0.2) is 0 Å². The van der Waals surface area contributed by atoms with Crippen LogP contribution in [0.2, 0.25) is 0 Å². The van der Waals surface area contributed by atoms with E-state index in [4.69, 9.17) is 9.84 Å². The quantitative estimate of drug-likeness (QED) is 0.845. The van der Waals surface area contributed by atoms with E-state index in [1.807, 2.05) is 25.1 Å². The van der Waals surface area contributed by atoms with Crippen molar-refractivity contribution in [1.82, 2.24) is 0 Å². The maximum atomic E-state index is 10.7. The average Bonchev–Trinajstić information content (AvgIpc) is 2.34. The van der Waals surface area contributed by atoms with Crippen LogP contribution >= 0.6 is 22.6 Å². The van der Waals surface area contributed by atoms with Gasteiger partial charge in [0, 0.05) is 0 Å². The van der Waals surface area contributed by atoms with E-state index in [9.17, 15) is 4.79 Å². The Balaban J connectivity index is 2.26.